The first kappa shape index (κ1) is 21.7. The second-order valence-electron chi connectivity index (χ2n) is 8.22. The Bertz CT molecular complexity index is 576. The summed E-state index contributed by atoms with van der Waals surface area (Å²) in [5.74, 6) is 7.25. The van der Waals surface area contributed by atoms with E-state index in [1.807, 2.05) is 0 Å². The smallest absolute Gasteiger partial charge is 0.216 e. The van der Waals surface area contributed by atoms with Gasteiger partial charge in [0.2, 0.25) is 10.0 Å². The molecule has 6 heteroatoms. The van der Waals surface area contributed by atoms with Gasteiger partial charge in [-0.2, -0.15) is 0 Å². The van der Waals surface area contributed by atoms with Crippen LogP contribution in [-0.2, 0) is 14.8 Å². The average molecular weight is 385 g/mol. The lowest BCUT2D eigenvalue weighted by atomic mass is 9.96. The van der Waals surface area contributed by atoms with Crippen molar-refractivity contribution in [3.8, 4) is 11.8 Å². The van der Waals surface area contributed by atoms with Crippen LogP contribution in [-0.4, -0.2) is 68.3 Å². The van der Waals surface area contributed by atoms with Crippen molar-refractivity contribution in [2.24, 2.45) is 11.8 Å². The van der Waals surface area contributed by atoms with E-state index in [-0.39, 0.29) is 5.25 Å². The van der Waals surface area contributed by atoms with Crippen molar-refractivity contribution in [2.75, 3.05) is 39.3 Å². The van der Waals surface area contributed by atoms with E-state index < -0.39 is 10.0 Å². The number of ether oxygens (including phenoxy) is 1. The second-order valence-corrected chi connectivity index (χ2v) is 10.7. The number of likely N-dealkylation sites (tertiary alicyclic amines) is 1. The van der Waals surface area contributed by atoms with Gasteiger partial charge in [0.1, 0.15) is 6.61 Å². The van der Waals surface area contributed by atoms with E-state index in [4.69, 9.17) is 4.74 Å². The van der Waals surface area contributed by atoms with Crippen molar-refractivity contribution >= 4 is 10.0 Å². The molecule has 2 saturated heterocycles. The summed E-state index contributed by atoms with van der Waals surface area (Å²) in [4.78, 5) is 2.52. The molecule has 0 atom stereocenters. The fourth-order valence-corrected chi connectivity index (χ4v) is 4.99. The molecule has 0 aromatic heterocycles. The molecule has 5 nitrogen and oxygen atoms in total. The van der Waals surface area contributed by atoms with Gasteiger partial charge >= 0.3 is 0 Å². The SMILES string of the molecule is CC(C)C#CCOC1CCN(CC2CCN(S(=O)(=O)C(C)C)CC2)CC1. The van der Waals surface area contributed by atoms with Crippen LogP contribution in [0.2, 0.25) is 0 Å². The first-order valence-electron chi connectivity index (χ1n) is 10.1. The van der Waals surface area contributed by atoms with Gasteiger partial charge in [0, 0.05) is 38.6 Å². The highest BCUT2D eigenvalue weighted by Crippen LogP contribution is 2.24. The molecule has 0 aliphatic carbocycles. The number of hydrogen-bond acceptors (Lipinski definition) is 4. The highest BCUT2D eigenvalue weighted by molar-refractivity contribution is 7.89. The van der Waals surface area contributed by atoms with Gasteiger partial charge in [-0.3, -0.25) is 0 Å². The van der Waals surface area contributed by atoms with E-state index in [9.17, 15) is 8.42 Å². The van der Waals surface area contributed by atoms with Crippen LogP contribution in [0, 0.1) is 23.7 Å². The van der Waals surface area contributed by atoms with E-state index in [0.717, 1.165) is 45.3 Å². The first-order valence-corrected chi connectivity index (χ1v) is 11.6. The molecule has 2 heterocycles. The van der Waals surface area contributed by atoms with Crippen molar-refractivity contribution in [1.82, 2.24) is 9.21 Å². The zero-order chi connectivity index (χ0) is 19.2. The summed E-state index contributed by atoms with van der Waals surface area (Å²) in [6, 6.07) is 0. The van der Waals surface area contributed by atoms with Crippen molar-refractivity contribution < 1.29 is 13.2 Å². The summed E-state index contributed by atoms with van der Waals surface area (Å²) < 4.78 is 32.1. The molecule has 0 radical (unpaired) electrons. The molecule has 26 heavy (non-hydrogen) atoms. The maximum atomic E-state index is 12.3. The van der Waals surface area contributed by atoms with Gasteiger partial charge in [0.05, 0.1) is 11.4 Å². The number of sulfonamides is 1. The Hall–Kier alpha value is -0.610. The van der Waals surface area contributed by atoms with E-state index in [1.165, 1.54) is 0 Å². The summed E-state index contributed by atoms with van der Waals surface area (Å²) in [5.41, 5.74) is 0. The predicted molar refractivity (Wildman–Crippen MR) is 106 cm³/mol. The maximum Gasteiger partial charge on any atom is 0.216 e. The van der Waals surface area contributed by atoms with E-state index in [2.05, 4.69) is 30.6 Å². The third kappa shape index (κ3) is 6.53. The van der Waals surface area contributed by atoms with Crippen molar-refractivity contribution in [3.63, 3.8) is 0 Å². The van der Waals surface area contributed by atoms with E-state index in [1.54, 1.807) is 18.2 Å². The maximum absolute atomic E-state index is 12.3. The molecule has 0 aromatic rings. The molecule has 150 valence electrons. The summed E-state index contributed by atoms with van der Waals surface area (Å²) >= 11 is 0. The van der Waals surface area contributed by atoms with Gasteiger partial charge in [-0.1, -0.05) is 25.7 Å². The lowest BCUT2D eigenvalue weighted by Gasteiger charge is -2.37. The summed E-state index contributed by atoms with van der Waals surface area (Å²) in [6.45, 7) is 12.9. The summed E-state index contributed by atoms with van der Waals surface area (Å²) in [6.07, 6.45) is 4.44. The predicted octanol–water partition coefficient (Wildman–Crippen LogP) is 2.58. The minimum atomic E-state index is -3.09. The molecule has 2 aliphatic heterocycles. The van der Waals surface area contributed by atoms with Crippen molar-refractivity contribution in [1.29, 1.82) is 0 Å². The fraction of sp³-hybridized carbons (Fsp3) is 0.900. The molecular formula is C20H36N2O3S. The largest absolute Gasteiger partial charge is 0.365 e. The lowest BCUT2D eigenvalue weighted by molar-refractivity contribution is 0.0188. The molecule has 0 unspecified atom stereocenters. The summed E-state index contributed by atoms with van der Waals surface area (Å²) in [7, 11) is -3.09. The Labute approximate surface area is 160 Å². The van der Waals surface area contributed by atoms with Gasteiger partial charge in [0.25, 0.3) is 0 Å². The molecule has 0 bridgehead atoms. The molecule has 2 rings (SSSR count). The molecule has 2 fully saturated rings. The highest BCUT2D eigenvalue weighted by Gasteiger charge is 2.31. The van der Waals surface area contributed by atoms with Gasteiger partial charge in [-0.25, -0.2) is 12.7 Å². The third-order valence-electron chi connectivity index (χ3n) is 5.36. The Morgan fingerprint density at radius 1 is 1.00 bits per heavy atom. The molecule has 0 aromatic carbocycles. The van der Waals surface area contributed by atoms with E-state index >= 15 is 0 Å². The van der Waals surface area contributed by atoms with Gasteiger partial charge in [0.15, 0.2) is 0 Å². The minimum absolute atomic E-state index is 0.316. The third-order valence-corrected chi connectivity index (χ3v) is 7.64. The van der Waals surface area contributed by atoms with Crippen LogP contribution in [0.4, 0.5) is 0 Å². The minimum Gasteiger partial charge on any atom is -0.365 e. The standard InChI is InChI=1S/C20H36N2O3S/c1-17(2)6-5-15-25-20-9-11-21(12-10-20)16-19-7-13-22(14-8-19)26(23,24)18(3)4/h17-20H,7-16H2,1-4H3. The Morgan fingerprint density at radius 2 is 1.62 bits per heavy atom. The van der Waals surface area contributed by atoms with Gasteiger partial charge < -0.3 is 9.64 Å². The molecule has 2 aliphatic rings. The van der Waals surface area contributed by atoms with Gasteiger partial charge in [-0.15, -0.1) is 0 Å². The first-order chi connectivity index (χ1) is 12.3. The molecule has 0 saturated carbocycles. The summed E-state index contributed by atoms with van der Waals surface area (Å²) in [5, 5.41) is -0.316. The van der Waals surface area contributed by atoms with Gasteiger partial charge in [-0.05, 0) is 45.4 Å². The van der Waals surface area contributed by atoms with Crippen LogP contribution >= 0.6 is 0 Å². The van der Waals surface area contributed by atoms with Crippen LogP contribution in [0.15, 0.2) is 0 Å². The zero-order valence-electron chi connectivity index (χ0n) is 16.9. The van der Waals surface area contributed by atoms with Crippen molar-refractivity contribution in [3.05, 3.63) is 0 Å². The van der Waals surface area contributed by atoms with Crippen LogP contribution < -0.4 is 0 Å². The number of nitrogens with zero attached hydrogens (tertiary/aromatic N) is 2. The normalized spacial score (nSPS) is 21.9. The fourth-order valence-electron chi connectivity index (χ4n) is 3.67. The Morgan fingerprint density at radius 3 is 2.15 bits per heavy atom. The van der Waals surface area contributed by atoms with Crippen LogP contribution in [0.5, 0.6) is 0 Å². The molecule has 0 spiro atoms. The number of piperidine rings is 2. The number of rotatable bonds is 6. The van der Waals surface area contributed by atoms with Crippen LogP contribution in [0.3, 0.4) is 0 Å². The van der Waals surface area contributed by atoms with Crippen LogP contribution in [0.25, 0.3) is 0 Å². The monoisotopic (exact) mass is 384 g/mol. The topological polar surface area (TPSA) is 49.9 Å². The second kappa shape index (κ2) is 10.1. The quantitative estimate of drug-likeness (QED) is 0.661. The zero-order valence-corrected chi connectivity index (χ0v) is 17.7. The average Bonchev–Trinajstić information content (AvgIpc) is 2.60. The van der Waals surface area contributed by atoms with Crippen molar-refractivity contribution in [2.45, 2.75) is 64.7 Å². The van der Waals surface area contributed by atoms with E-state index in [0.29, 0.717) is 37.6 Å². The molecule has 0 amide bonds. The Kier molecular flexibility index (Phi) is 8.41. The lowest BCUT2D eigenvalue weighted by Crippen LogP contribution is -2.45. The number of hydrogen-bond donors (Lipinski definition) is 0. The molecule has 0 N–H and O–H groups in total. The molecular weight excluding hydrogens is 348 g/mol. The highest BCUT2D eigenvalue weighted by atomic mass is 32.2. The Balaban J connectivity index is 1.66. The van der Waals surface area contributed by atoms with Crippen LogP contribution in [0.1, 0.15) is 53.4 Å².